The lowest BCUT2D eigenvalue weighted by molar-refractivity contribution is -0.133. The van der Waals surface area contributed by atoms with Crippen molar-refractivity contribution in [1.29, 1.82) is 0 Å². The van der Waals surface area contributed by atoms with Gasteiger partial charge in [0, 0.05) is 11.1 Å². The van der Waals surface area contributed by atoms with Crippen molar-refractivity contribution in [2.24, 2.45) is 0 Å². The van der Waals surface area contributed by atoms with Gasteiger partial charge in [0.25, 0.3) is 0 Å². The van der Waals surface area contributed by atoms with Crippen molar-refractivity contribution in [3.8, 4) is 0 Å². The van der Waals surface area contributed by atoms with Crippen molar-refractivity contribution in [3.05, 3.63) is 81.9 Å². The zero-order valence-electron chi connectivity index (χ0n) is 14.6. The highest BCUT2D eigenvalue weighted by molar-refractivity contribution is 5.92. The average Bonchev–Trinajstić information content (AvgIpc) is 2.62. The van der Waals surface area contributed by atoms with Crippen molar-refractivity contribution in [3.63, 3.8) is 0 Å². The summed E-state index contributed by atoms with van der Waals surface area (Å²) in [5, 5.41) is 17.8. The van der Waals surface area contributed by atoms with Crippen LogP contribution in [0.2, 0.25) is 0 Å². The van der Waals surface area contributed by atoms with E-state index in [4.69, 9.17) is 10.2 Å². The molecule has 0 atom stereocenters. The Morgan fingerprint density at radius 1 is 0.615 bits per heavy atom. The van der Waals surface area contributed by atoms with E-state index in [1.807, 2.05) is 60.7 Å². The van der Waals surface area contributed by atoms with Gasteiger partial charge in [0.1, 0.15) is 0 Å². The Bertz CT molecular complexity index is 807. The van der Waals surface area contributed by atoms with Crippen LogP contribution in [0.4, 0.5) is 0 Å². The Hall–Kier alpha value is -3.40. The molecule has 0 bridgehead atoms. The summed E-state index contributed by atoms with van der Waals surface area (Å²) >= 11 is 0. The number of hydrogen-bond acceptors (Lipinski definition) is 2. The molecule has 0 spiro atoms. The lowest BCUT2D eigenvalue weighted by Crippen LogP contribution is -1.95. The first-order valence-electron chi connectivity index (χ1n) is 8.06. The summed E-state index contributed by atoms with van der Waals surface area (Å²) < 4.78 is 0. The number of rotatable bonds is 6. The number of benzene rings is 2. The molecule has 0 saturated heterocycles. The molecule has 2 rings (SSSR count). The van der Waals surface area contributed by atoms with E-state index >= 15 is 0 Å². The third kappa shape index (κ3) is 5.60. The number of carbonyl (C=O) groups is 2. The lowest BCUT2D eigenvalue weighted by Gasteiger charge is -1.99. The molecule has 0 aliphatic carbocycles. The third-order valence-electron chi connectivity index (χ3n) is 3.78. The zero-order valence-corrected chi connectivity index (χ0v) is 14.6. The molecular weight excluding hydrogens is 328 g/mol. The maximum atomic E-state index is 10.8. The van der Waals surface area contributed by atoms with Crippen molar-refractivity contribution in [2.75, 3.05) is 0 Å². The molecule has 0 unspecified atom stereocenters. The SMILES string of the molecule is C/C(=C\c1ccc(/C=C/c2ccc(/C=C(\C)C(=O)O)cc2)cc1)C(=O)O. The van der Waals surface area contributed by atoms with Gasteiger partial charge in [-0.2, -0.15) is 0 Å². The van der Waals surface area contributed by atoms with Crippen LogP contribution in [-0.4, -0.2) is 22.2 Å². The minimum atomic E-state index is -0.925. The van der Waals surface area contributed by atoms with Crippen molar-refractivity contribution < 1.29 is 19.8 Å². The Balaban J connectivity index is 2.08. The van der Waals surface area contributed by atoms with Gasteiger partial charge in [0.2, 0.25) is 0 Å². The van der Waals surface area contributed by atoms with Crippen molar-refractivity contribution >= 4 is 36.2 Å². The molecule has 4 heteroatoms. The predicted molar refractivity (Wildman–Crippen MR) is 104 cm³/mol. The highest BCUT2D eigenvalue weighted by atomic mass is 16.4. The van der Waals surface area contributed by atoms with Crippen LogP contribution in [0.3, 0.4) is 0 Å². The van der Waals surface area contributed by atoms with E-state index in [0.29, 0.717) is 11.1 Å². The number of hydrogen-bond donors (Lipinski definition) is 2. The molecule has 0 saturated carbocycles. The van der Waals surface area contributed by atoms with E-state index < -0.39 is 11.9 Å². The van der Waals surface area contributed by atoms with Gasteiger partial charge in [-0.05, 0) is 48.3 Å². The number of aliphatic carboxylic acids is 2. The molecule has 0 heterocycles. The lowest BCUT2D eigenvalue weighted by atomic mass is 10.1. The van der Waals surface area contributed by atoms with Crippen LogP contribution in [0.15, 0.2) is 59.7 Å². The minimum Gasteiger partial charge on any atom is -0.478 e. The fourth-order valence-electron chi connectivity index (χ4n) is 2.22. The van der Waals surface area contributed by atoms with E-state index in [1.54, 1.807) is 26.0 Å². The molecule has 26 heavy (non-hydrogen) atoms. The molecule has 0 radical (unpaired) electrons. The average molecular weight is 348 g/mol. The number of carboxylic acids is 2. The van der Waals surface area contributed by atoms with Gasteiger partial charge in [0.05, 0.1) is 0 Å². The Morgan fingerprint density at radius 3 is 1.15 bits per heavy atom. The maximum absolute atomic E-state index is 10.8. The molecule has 2 aromatic rings. The fourth-order valence-corrected chi connectivity index (χ4v) is 2.22. The van der Waals surface area contributed by atoms with Crippen LogP contribution < -0.4 is 0 Å². The molecule has 2 aromatic carbocycles. The van der Waals surface area contributed by atoms with Crippen molar-refractivity contribution in [1.82, 2.24) is 0 Å². The van der Waals surface area contributed by atoms with Crippen LogP contribution in [0.5, 0.6) is 0 Å². The van der Waals surface area contributed by atoms with E-state index in [9.17, 15) is 9.59 Å². The second-order valence-corrected chi connectivity index (χ2v) is 5.93. The molecule has 0 aliphatic heterocycles. The second kappa shape index (κ2) is 8.62. The van der Waals surface area contributed by atoms with Gasteiger partial charge in [-0.1, -0.05) is 60.7 Å². The molecule has 0 fully saturated rings. The summed E-state index contributed by atoms with van der Waals surface area (Å²) in [6.45, 7) is 3.12. The maximum Gasteiger partial charge on any atom is 0.331 e. The normalized spacial score (nSPS) is 12.4. The molecular formula is C22H20O4. The molecule has 0 aromatic heterocycles. The Labute approximate surface area is 152 Å². The summed E-state index contributed by atoms with van der Waals surface area (Å²) in [7, 11) is 0. The molecule has 132 valence electrons. The van der Waals surface area contributed by atoms with E-state index in [2.05, 4.69) is 0 Å². The highest BCUT2D eigenvalue weighted by Gasteiger charge is 2.00. The zero-order chi connectivity index (χ0) is 19.1. The van der Waals surface area contributed by atoms with Gasteiger partial charge < -0.3 is 10.2 Å². The van der Waals surface area contributed by atoms with Gasteiger partial charge >= 0.3 is 11.9 Å². The quantitative estimate of drug-likeness (QED) is 0.579. The smallest absolute Gasteiger partial charge is 0.331 e. The second-order valence-electron chi connectivity index (χ2n) is 5.93. The first-order valence-corrected chi connectivity index (χ1v) is 8.06. The topological polar surface area (TPSA) is 74.6 Å². The van der Waals surface area contributed by atoms with Crippen LogP contribution >= 0.6 is 0 Å². The fraction of sp³-hybridized carbons (Fsp3) is 0.0909. The highest BCUT2D eigenvalue weighted by Crippen LogP contribution is 2.14. The van der Waals surface area contributed by atoms with E-state index in [-0.39, 0.29) is 0 Å². The van der Waals surface area contributed by atoms with E-state index in [0.717, 1.165) is 22.3 Å². The summed E-state index contributed by atoms with van der Waals surface area (Å²) in [6.07, 6.45) is 7.18. The third-order valence-corrected chi connectivity index (χ3v) is 3.78. The van der Waals surface area contributed by atoms with E-state index in [1.165, 1.54) is 0 Å². The molecule has 0 aliphatic rings. The standard InChI is InChI=1S/C22H20O4/c1-15(21(23)24)13-19-9-5-17(6-10-19)3-4-18-7-11-20(12-8-18)14-16(2)22(25)26/h3-14H,1-2H3,(H,23,24)(H,25,26)/b4-3+,15-13+,16-14+. The largest absolute Gasteiger partial charge is 0.478 e. The summed E-state index contributed by atoms with van der Waals surface area (Å²) in [6, 6.07) is 15.2. The van der Waals surface area contributed by atoms with Gasteiger partial charge in [-0.3, -0.25) is 0 Å². The van der Waals surface area contributed by atoms with Gasteiger partial charge in [-0.15, -0.1) is 0 Å². The first kappa shape index (κ1) is 18.9. The van der Waals surface area contributed by atoms with Gasteiger partial charge in [0.15, 0.2) is 0 Å². The summed E-state index contributed by atoms with van der Waals surface area (Å²) in [5.74, 6) is -1.85. The van der Waals surface area contributed by atoms with Crippen LogP contribution in [0.1, 0.15) is 36.1 Å². The Kier molecular flexibility index (Phi) is 6.28. The Morgan fingerprint density at radius 2 is 0.885 bits per heavy atom. The first-order chi connectivity index (χ1) is 12.3. The predicted octanol–water partition coefficient (Wildman–Crippen LogP) is 4.83. The van der Waals surface area contributed by atoms with Crippen molar-refractivity contribution in [2.45, 2.75) is 13.8 Å². The summed E-state index contributed by atoms with van der Waals surface area (Å²) in [5.41, 5.74) is 4.27. The monoisotopic (exact) mass is 348 g/mol. The molecule has 2 N–H and O–H groups in total. The molecule has 0 amide bonds. The van der Waals surface area contributed by atoms with Gasteiger partial charge in [-0.25, -0.2) is 9.59 Å². The van der Waals surface area contributed by atoms with Crippen LogP contribution in [-0.2, 0) is 9.59 Å². The molecule has 4 nitrogen and oxygen atoms in total. The minimum absolute atomic E-state index is 0.292. The number of carboxylic acid groups (broad SMARTS) is 2. The van der Waals surface area contributed by atoms with Crippen LogP contribution in [0.25, 0.3) is 24.3 Å². The van der Waals surface area contributed by atoms with Crippen LogP contribution in [0, 0.1) is 0 Å². The summed E-state index contributed by atoms with van der Waals surface area (Å²) in [4.78, 5) is 21.7.